The number of nitrogens with zero attached hydrogens (tertiary/aromatic N) is 2. The summed E-state index contributed by atoms with van der Waals surface area (Å²) in [6.07, 6.45) is 3.11. The predicted molar refractivity (Wildman–Crippen MR) is 74.6 cm³/mol. The summed E-state index contributed by atoms with van der Waals surface area (Å²) < 4.78 is 26.9. The van der Waals surface area contributed by atoms with Crippen molar-refractivity contribution in [1.29, 1.82) is 0 Å². The molecule has 0 radical (unpaired) electrons. The van der Waals surface area contributed by atoms with Gasteiger partial charge in [0.2, 0.25) is 10.0 Å². The van der Waals surface area contributed by atoms with E-state index in [1.54, 1.807) is 18.3 Å². The van der Waals surface area contributed by atoms with Gasteiger partial charge in [-0.2, -0.15) is 4.31 Å². The molecule has 0 saturated carbocycles. The van der Waals surface area contributed by atoms with Gasteiger partial charge in [-0.05, 0) is 24.0 Å². The van der Waals surface area contributed by atoms with Crippen LogP contribution in [-0.2, 0) is 10.0 Å². The lowest BCUT2D eigenvalue weighted by atomic mass is 10.00. The molecule has 1 fully saturated rings. The number of aromatic nitrogens is 2. The fraction of sp³-hybridized carbons (Fsp3) is 0.462. The second-order valence-corrected chi connectivity index (χ2v) is 7.20. The number of fused-ring (bicyclic) bond motifs is 1. The summed E-state index contributed by atoms with van der Waals surface area (Å²) in [7, 11) is -3.55. The van der Waals surface area contributed by atoms with Crippen LogP contribution in [-0.4, -0.2) is 47.5 Å². The largest absolute Gasteiger partial charge is 0.396 e. The minimum absolute atomic E-state index is 0.00751. The summed E-state index contributed by atoms with van der Waals surface area (Å²) in [6.45, 7) is 2.79. The summed E-state index contributed by atoms with van der Waals surface area (Å²) in [6, 6.07) is 3.47. The number of aromatic amines is 1. The van der Waals surface area contributed by atoms with Gasteiger partial charge in [0.1, 0.15) is 10.5 Å². The third-order valence-corrected chi connectivity index (χ3v) is 5.87. The lowest BCUT2D eigenvalue weighted by Gasteiger charge is -2.15. The molecule has 1 aliphatic rings. The molecule has 0 bridgehead atoms. The summed E-state index contributed by atoms with van der Waals surface area (Å²) in [5, 5.41) is 9.89. The Kier molecular flexibility index (Phi) is 3.27. The van der Waals surface area contributed by atoms with Gasteiger partial charge in [0.25, 0.3) is 0 Å². The van der Waals surface area contributed by atoms with Gasteiger partial charge < -0.3 is 10.1 Å². The fourth-order valence-corrected chi connectivity index (χ4v) is 4.45. The van der Waals surface area contributed by atoms with Gasteiger partial charge in [-0.15, -0.1) is 0 Å². The Morgan fingerprint density at radius 2 is 2.30 bits per heavy atom. The zero-order valence-electron chi connectivity index (χ0n) is 11.2. The van der Waals surface area contributed by atoms with Crippen molar-refractivity contribution in [2.75, 3.05) is 19.7 Å². The van der Waals surface area contributed by atoms with Crippen molar-refractivity contribution >= 4 is 21.1 Å². The van der Waals surface area contributed by atoms with Crippen molar-refractivity contribution in [3.63, 3.8) is 0 Å². The van der Waals surface area contributed by atoms with Gasteiger partial charge in [0.05, 0.1) is 0 Å². The van der Waals surface area contributed by atoms with Crippen LogP contribution in [0.2, 0.25) is 0 Å². The van der Waals surface area contributed by atoms with Gasteiger partial charge in [0.15, 0.2) is 0 Å². The third kappa shape index (κ3) is 2.02. The average molecular weight is 295 g/mol. The SMILES string of the molecule is C[C@@H]1CN(S(=O)(=O)c2c[nH]c3ncccc23)C[C@H]1CO. The van der Waals surface area contributed by atoms with Crippen molar-refractivity contribution in [3.05, 3.63) is 24.5 Å². The Balaban J connectivity index is 2.01. The van der Waals surface area contributed by atoms with Crippen LogP contribution in [0.15, 0.2) is 29.4 Å². The maximum absolute atomic E-state index is 12.7. The highest BCUT2D eigenvalue weighted by atomic mass is 32.2. The lowest BCUT2D eigenvalue weighted by molar-refractivity contribution is 0.210. The molecule has 6 nitrogen and oxygen atoms in total. The first kappa shape index (κ1) is 13.5. The number of aliphatic hydroxyl groups excluding tert-OH is 1. The van der Waals surface area contributed by atoms with Gasteiger partial charge in [0, 0.05) is 37.5 Å². The zero-order valence-corrected chi connectivity index (χ0v) is 12.0. The Labute approximate surface area is 117 Å². The van der Waals surface area contributed by atoms with E-state index < -0.39 is 10.0 Å². The molecule has 1 aliphatic heterocycles. The number of sulfonamides is 1. The van der Waals surface area contributed by atoms with E-state index in [0.717, 1.165) is 0 Å². The second kappa shape index (κ2) is 4.83. The van der Waals surface area contributed by atoms with E-state index in [4.69, 9.17) is 0 Å². The lowest BCUT2D eigenvalue weighted by Crippen LogP contribution is -2.29. The van der Waals surface area contributed by atoms with E-state index >= 15 is 0 Å². The number of pyridine rings is 1. The van der Waals surface area contributed by atoms with Crippen LogP contribution in [0, 0.1) is 11.8 Å². The standard InChI is InChI=1S/C13H17N3O3S/c1-9-6-16(7-10(9)8-17)20(18,19)12-5-15-13-11(12)3-2-4-14-13/h2-5,9-10,17H,6-8H2,1H3,(H,14,15)/t9-,10+/m1/s1. The van der Waals surface area contributed by atoms with Crippen LogP contribution < -0.4 is 0 Å². The molecule has 2 aromatic rings. The van der Waals surface area contributed by atoms with Crippen molar-refractivity contribution in [1.82, 2.24) is 14.3 Å². The van der Waals surface area contributed by atoms with Crippen molar-refractivity contribution in [2.24, 2.45) is 11.8 Å². The fourth-order valence-electron chi connectivity index (χ4n) is 2.70. The molecule has 3 heterocycles. The molecule has 7 heteroatoms. The Hall–Kier alpha value is -1.44. The van der Waals surface area contributed by atoms with E-state index in [2.05, 4.69) is 9.97 Å². The molecular weight excluding hydrogens is 278 g/mol. The second-order valence-electron chi connectivity index (χ2n) is 5.29. The summed E-state index contributed by atoms with van der Waals surface area (Å²) >= 11 is 0. The van der Waals surface area contributed by atoms with Crippen LogP contribution in [0.25, 0.3) is 11.0 Å². The molecule has 3 rings (SSSR count). The molecule has 0 amide bonds. The number of hydrogen-bond acceptors (Lipinski definition) is 4. The Morgan fingerprint density at radius 1 is 1.50 bits per heavy atom. The normalized spacial score (nSPS) is 24.5. The zero-order chi connectivity index (χ0) is 14.3. The highest BCUT2D eigenvalue weighted by molar-refractivity contribution is 7.89. The monoisotopic (exact) mass is 295 g/mol. The van der Waals surface area contributed by atoms with Crippen molar-refractivity contribution < 1.29 is 13.5 Å². The molecule has 20 heavy (non-hydrogen) atoms. The molecular formula is C13H17N3O3S. The van der Waals surface area contributed by atoms with E-state index in [9.17, 15) is 13.5 Å². The Morgan fingerprint density at radius 3 is 3.00 bits per heavy atom. The van der Waals surface area contributed by atoms with Crippen LogP contribution in [0.5, 0.6) is 0 Å². The number of rotatable bonds is 3. The minimum atomic E-state index is -3.55. The quantitative estimate of drug-likeness (QED) is 0.877. The first-order chi connectivity index (χ1) is 9.54. The minimum Gasteiger partial charge on any atom is -0.396 e. The van der Waals surface area contributed by atoms with E-state index in [1.807, 2.05) is 6.92 Å². The summed E-state index contributed by atoms with van der Waals surface area (Å²) in [5.74, 6) is 0.172. The molecule has 108 valence electrons. The van der Waals surface area contributed by atoms with E-state index in [-0.39, 0.29) is 23.3 Å². The van der Waals surface area contributed by atoms with Crippen LogP contribution in [0.3, 0.4) is 0 Å². The number of H-pyrrole nitrogens is 1. The van der Waals surface area contributed by atoms with E-state index in [0.29, 0.717) is 24.1 Å². The van der Waals surface area contributed by atoms with Gasteiger partial charge in [-0.3, -0.25) is 0 Å². The molecule has 2 atom stereocenters. The summed E-state index contributed by atoms with van der Waals surface area (Å²) in [4.78, 5) is 7.25. The Bertz CT molecular complexity index is 725. The first-order valence-electron chi connectivity index (χ1n) is 6.57. The molecule has 2 N–H and O–H groups in total. The number of hydrogen-bond donors (Lipinski definition) is 2. The highest BCUT2D eigenvalue weighted by Gasteiger charge is 2.37. The predicted octanol–water partition coefficient (Wildman–Crippen LogP) is 0.812. The van der Waals surface area contributed by atoms with Gasteiger partial charge in [-0.1, -0.05) is 6.92 Å². The number of nitrogens with one attached hydrogen (secondary N) is 1. The third-order valence-electron chi connectivity index (χ3n) is 4.00. The topological polar surface area (TPSA) is 86.3 Å². The molecule has 0 aromatic carbocycles. The van der Waals surface area contributed by atoms with Crippen LogP contribution in [0.4, 0.5) is 0 Å². The molecule has 2 aromatic heterocycles. The van der Waals surface area contributed by atoms with Gasteiger partial charge >= 0.3 is 0 Å². The van der Waals surface area contributed by atoms with E-state index in [1.165, 1.54) is 10.5 Å². The average Bonchev–Trinajstić information content (AvgIpc) is 3.02. The molecule has 1 saturated heterocycles. The summed E-state index contributed by atoms with van der Waals surface area (Å²) in [5.41, 5.74) is 0.567. The van der Waals surface area contributed by atoms with Crippen LogP contribution >= 0.6 is 0 Å². The van der Waals surface area contributed by atoms with Crippen molar-refractivity contribution in [3.8, 4) is 0 Å². The maximum Gasteiger partial charge on any atom is 0.245 e. The molecule has 0 aliphatic carbocycles. The highest BCUT2D eigenvalue weighted by Crippen LogP contribution is 2.30. The number of aliphatic hydroxyl groups is 1. The smallest absolute Gasteiger partial charge is 0.245 e. The van der Waals surface area contributed by atoms with Gasteiger partial charge in [-0.25, -0.2) is 13.4 Å². The molecule has 0 unspecified atom stereocenters. The maximum atomic E-state index is 12.7. The van der Waals surface area contributed by atoms with Crippen molar-refractivity contribution in [2.45, 2.75) is 11.8 Å². The first-order valence-corrected chi connectivity index (χ1v) is 8.01. The molecule has 0 spiro atoms. The van der Waals surface area contributed by atoms with Crippen LogP contribution in [0.1, 0.15) is 6.92 Å².